The summed E-state index contributed by atoms with van der Waals surface area (Å²) in [6.07, 6.45) is 7.91. The fraction of sp³-hybridized carbons (Fsp3) is 0.480. The molecule has 1 fully saturated rings. The minimum Gasteiger partial charge on any atom is -0.350 e. The number of rotatable bonds is 8. The largest absolute Gasteiger partial charge is 0.350 e. The number of hydrogen-bond acceptors (Lipinski definition) is 3. The molecule has 3 rings (SSSR count). The number of nitrogens with one attached hydrogen (secondary N) is 2. The molecule has 5 heteroatoms. The highest BCUT2D eigenvalue weighted by molar-refractivity contribution is 5.88. The Morgan fingerprint density at radius 3 is 2.33 bits per heavy atom. The third-order valence-electron chi connectivity index (χ3n) is 6.19. The summed E-state index contributed by atoms with van der Waals surface area (Å²) in [7, 11) is 0. The van der Waals surface area contributed by atoms with Crippen LogP contribution in [0.5, 0.6) is 0 Å². The molecule has 1 heterocycles. The molecule has 1 unspecified atom stereocenters. The molecule has 0 saturated heterocycles. The maximum atomic E-state index is 13.0. The average molecular weight is 408 g/mol. The Balaban J connectivity index is 1.62. The number of carbonyl (C=O) groups is 2. The summed E-state index contributed by atoms with van der Waals surface area (Å²) < 4.78 is 0. The molecule has 2 amide bonds. The Labute approximate surface area is 179 Å². The highest BCUT2D eigenvalue weighted by atomic mass is 16.2. The maximum Gasteiger partial charge on any atom is 0.243 e. The molecule has 0 aliphatic heterocycles. The van der Waals surface area contributed by atoms with E-state index in [2.05, 4.69) is 29.5 Å². The monoisotopic (exact) mass is 407 g/mol. The smallest absolute Gasteiger partial charge is 0.243 e. The number of benzene rings is 1. The van der Waals surface area contributed by atoms with E-state index in [-0.39, 0.29) is 17.7 Å². The van der Waals surface area contributed by atoms with Crippen LogP contribution in [0.25, 0.3) is 0 Å². The van der Waals surface area contributed by atoms with Crippen molar-refractivity contribution in [1.29, 1.82) is 0 Å². The molecule has 5 nitrogen and oxygen atoms in total. The van der Waals surface area contributed by atoms with E-state index in [9.17, 15) is 9.59 Å². The summed E-state index contributed by atoms with van der Waals surface area (Å²) in [5, 5.41) is 6.00. The quantitative estimate of drug-likeness (QED) is 0.697. The molecule has 1 aliphatic rings. The second-order valence-corrected chi connectivity index (χ2v) is 8.69. The first kappa shape index (κ1) is 22.0. The topological polar surface area (TPSA) is 71.1 Å². The maximum absolute atomic E-state index is 13.0. The van der Waals surface area contributed by atoms with Crippen LogP contribution in [-0.4, -0.2) is 22.8 Å². The van der Waals surface area contributed by atoms with Crippen LogP contribution in [0.3, 0.4) is 0 Å². The number of carbonyl (C=O) groups excluding carboxylic acids is 2. The SMILES string of the molecule is CC(C)C1CCC(C(=O)NC(Cc2ccccc2)C(=O)NCc2cccnc2)CC1. The summed E-state index contributed by atoms with van der Waals surface area (Å²) >= 11 is 0. The van der Waals surface area contributed by atoms with Crippen LogP contribution in [0, 0.1) is 17.8 Å². The van der Waals surface area contributed by atoms with Crippen molar-refractivity contribution in [1.82, 2.24) is 15.6 Å². The molecule has 1 aliphatic carbocycles. The van der Waals surface area contributed by atoms with Crippen LogP contribution in [0.4, 0.5) is 0 Å². The van der Waals surface area contributed by atoms with Crippen LogP contribution < -0.4 is 10.6 Å². The zero-order valence-electron chi connectivity index (χ0n) is 18.0. The van der Waals surface area contributed by atoms with Crippen LogP contribution in [0.15, 0.2) is 54.9 Å². The molecule has 1 atom stereocenters. The number of aromatic nitrogens is 1. The molecule has 2 N–H and O–H groups in total. The Morgan fingerprint density at radius 1 is 1.00 bits per heavy atom. The van der Waals surface area contributed by atoms with Gasteiger partial charge in [0, 0.05) is 31.3 Å². The third-order valence-corrected chi connectivity index (χ3v) is 6.19. The summed E-state index contributed by atoms with van der Waals surface area (Å²) in [5.74, 6) is 1.22. The van der Waals surface area contributed by atoms with Crippen molar-refractivity contribution in [3.8, 4) is 0 Å². The van der Waals surface area contributed by atoms with E-state index in [1.165, 1.54) is 0 Å². The molecule has 1 aromatic heterocycles. The standard InChI is InChI=1S/C25H33N3O2/c1-18(2)21-10-12-22(13-11-21)24(29)28-23(15-19-7-4-3-5-8-19)25(30)27-17-20-9-6-14-26-16-20/h3-9,14,16,18,21-23H,10-13,15,17H2,1-2H3,(H,27,30)(H,28,29). The Bertz CT molecular complexity index is 800. The van der Waals surface area contributed by atoms with Crippen LogP contribution in [0.2, 0.25) is 0 Å². The lowest BCUT2D eigenvalue weighted by atomic mass is 9.76. The lowest BCUT2D eigenvalue weighted by Gasteiger charge is -2.31. The lowest BCUT2D eigenvalue weighted by Crippen LogP contribution is -2.49. The molecule has 1 saturated carbocycles. The Hall–Kier alpha value is -2.69. The fourth-order valence-electron chi connectivity index (χ4n) is 4.21. The summed E-state index contributed by atoms with van der Waals surface area (Å²) in [4.78, 5) is 30.0. The van der Waals surface area contributed by atoms with E-state index < -0.39 is 6.04 Å². The van der Waals surface area contributed by atoms with Crippen LogP contribution in [0.1, 0.15) is 50.7 Å². The minimum absolute atomic E-state index is 0.00407. The van der Waals surface area contributed by atoms with E-state index in [1.54, 1.807) is 12.4 Å². The van der Waals surface area contributed by atoms with Crippen molar-refractivity contribution in [3.63, 3.8) is 0 Å². The van der Waals surface area contributed by atoms with Gasteiger partial charge in [-0.15, -0.1) is 0 Å². The van der Waals surface area contributed by atoms with Crippen molar-refractivity contribution >= 4 is 11.8 Å². The first-order valence-corrected chi connectivity index (χ1v) is 11.0. The molecular formula is C25H33N3O2. The molecule has 30 heavy (non-hydrogen) atoms. The average Bonchev–Trinajstić information content (AvgIpc) is 2.78. The van der Waals surface area contributed by atoms with E-state index in [4.69, 9.17) is 0 Å². The molecule has 0 spiro atoms. The van der Waals surface area contributed by atoms with Gasteiger partial charge < -0.3 is 10.6 Å². The number of hydrogen-bond donors (Lipinski definition) is 2. The second kappa shape index (κ2) is 10.9. The van der Waals surface area contributed by atoms with Gasteiger partial charge in [0.2, 0.25) is 11.8 Å². The first-order chi connectivity index (χ1) is 14.5. The number of amides is 2. The first-order valence-electron chi connectivity index (χ1n) is 11.0. The predicted molar refractivity (Wildman–Crippen MR) is 118 cm³/mol. The molecule has 0 radical (unpaired) electrons. The van der Waals surface area contributed by atoms with Crippen molar-refractivity contribution in [2.75, 3.05) is 0 Å². The van der Waals surface area contributed by atoms with Gasteiger partial charge in [-0.1, -0.05) is 50.2 Å². The van der Waals surface area contributed by atoms with E-state index in [1.807, 2.05) is 42.5 Å². The van der Waals surface area contributed by atoms with E-state index >= 15 is 0 Å². The minimum atomic E-state index is -0.584. The van der Waals surface area contributed by atoms with Gasteiger partial charge in [0.25, 0.3) is 0 Å². The number of nitrogens with zero attached hydrogens (tertiary/aromatic N) is 1. The zero-order chi connectivity index (χ0) is 21.3. The van der Waals surface area contributed by atoms with Crippen molar-refractivity contribution in [3.05, 3.63) is 66.0 Å². The molecular weight excluding hydrogens is 374 g/mol. The summed E-state index contributed by atoms with van der Waals surface area (Å²) in [6, 6.07) is 13.0. The number of pyridine rings is 1. The predicted octanol–water partition coefficient (Wildman–Crippen LogP) is 3.89. The second-order valence-electron chi connectivity index (χ2n) is 8.69. The van der Waals surface area contributed by atoms with Crippen LogP contribution in [-0.2, 0) is 22.6 Å². The van der Waals surface area contributed by atoms with Crippen molar-refractivity contribution in [2.45, 2.75) is 58.5 Å². The highest BCUT2D eigenvalue weighted by Crippen LogP contribution is 2.33. The zero-order valence-corrected chi connectivity index (χ0v) is 18.0. The van der Waals surface area contributed by atoms with E-state index in [0.29, 0.717) is 24.8 Å². The van der Waals surface area contributed by atoms with Crippen molar-refractivity contribution < 1.29 is 9.59 Å². The van der Waals surface area contributed by atoms with Gasteiger partial charge in [0.1, 0.15) is 6.04 Å². The van der Waals surface area contributed by atoms with Gasteiger partial charge in [0.05, 0.1) is 0 Å². The van der Waals surface area contributed by atoms with Gasteiger partial charge in [-0.25, -0.2) is 0 Å². The van der Waals surface area contributed by atoms with Gasteiger partial charge in [0.15, 0.2) is 0 Å². The molecule has 0 bridgehead atoms. The molecule has 2 aromatic rings. The third kappa shape index (κ3) is 6.41. The van der Waals surface area contributed by atoms with Gasteiger partial charge >= 0.3 is 0 Å². The molecule has 160 valence electrons. The Morgan fingerprint density at radius 2 is 1.70 bits per heavy atom. The van der Waals surface area contributed by atoms with Gasteiger partial charge in [-0.2, -0.15) is 0 Å². The lowest BCUT2D eigenvalue weighted by molar-refractivity contribution is -0.132. The van der Waals surface area contributed by atoms with Crippen molar-refractivity contribution in [2.24, 2.45) is 17.8 Å². The van der Waals surface area contributed by atoms with Gasteiger partial charge in [-0.05, 0) is 54.7 Å². The van der Waals surface area contributed by atoms with Gasteiger partial charge in [-0.3, -0.25) is 14.6 Å². The van der Waals surface area contributed by atoms with Crippen LogP contribution >= 0.6 is 0 Å². The summed E-state index contributed by atoms with van der Waals surface area (Å²) in [5.41, 5.74) is 1.96. The van der Waals surface area contributed by atoms with E-state index in [0.717, 1.165) is 36.8 Å². The molecule has 1 aromatic carbocycles. The fourth-order valence-corrected chi connectivity index (χ4v) is 4.21. The Kier molecular flexibility index (Phi) is 8.00. The highest BCUT2D eigenvalue weighted by Gasteiger charge is 2.30. The normalized spacial score (nSPS) is 19.8. The summed E-state index contributed by atoms with van der Waals surface area (Å²) in [6.45, 7) is 4.91.